The molecule has 3 N–H and O–H groups in total. The molecular formula is C21H28N4O4. The van der Waals surface area contributed by atoms with Crippen molar-refractivity contribution in [3.05, 3.63) is 41.6 Å². The van der Waals surface area contributed by atoms with Gasteiger partial charge in [-0.3, -0.25) is 19.2 Å². The molecule has 0 spiro atoms. The number of amides is 4. The monoisotopic (exact) mass is 400 g/mol. The van der Waals surface area contributed by atoms with Crippen molar-refractivity contribution in [2.75, 3.05) is 13.6 Å². The van der Waals surface area contributed by atoms with Crippen LogP contribution >= 0.6 is 0 Å². The van der Waals surface area contributed by atoms with Crippen molar-refractivity contribution in [1.29, 1.82) is 0 Å². The van der Waals surface area contributed by atoms with Gasteiger partial charge in [-0.25, -0.2) is 0 Å². The largest absolute Gasteiger partial charge is 0.343 e. The molecule has 0 saturated carbocycles. The van der Waals surface area contributed by atoms with Crippen LogP contribution in [0.2, 0.25) is 0 Å². The van der Waals surface area contributed by atoms with Crippen LogP contribution < -0.4 is 16.0 Å². The zero-order valence-electron chi connectivity index (χ0n) is 17.2. The lowest BCUT2D eigenvalue weighted by atomic mass is 10.0. The summed E-state index contributed by atoms with van der Waals surface area (Å²) in [7, 11) is 1.49. The fourth-order valence-corrected chi connectivity index (χ4v) is 2.97. The minimum Gasteiger partial charge on any atom is -0.343 e. The topological polar surface area (TPSA) is 108 Å². The van der Waals surface area contributed by atoms with Gasteiger partial charge in [0.1, 0.15) is 17.8 Å². The van der Waals surface area contributed by atoms with E-state index in [1.54, 1.807) is 18.2 Å². The van der Waals surface area contributed by atoms with Gasteiger partial charge in [-0.15, -0.1) is 0 Å². The molecule has 2 unspecified atom stereocenters. The Morgan fingerprint density at radius 1 is 1.10 bits per heavy atom. The molecule has 8 nitrogen and oxygen atoms in total. The van der Waals surface area contributed by atoms with Gasteiger partial charge in [-0.2, -0.15) is 0 Å². The number of carbonyl (C=O) groups excluding carboxylic acids is 4. The highest BCUT2D eigenvalue weighted by Crippen LogP contribution is 2.15. The molecule has 2 rings (SSSR count). The number of nitrogens with zero attached hydrogens (tertiary/aromatic N) is 1. The Labute approximate surface area is 170 Å². The third-order valence-corrected chi connectivity index (χ3v) is 4.53. The summed E-state index contributed by atoms with van der Waals surface area (Å²) in [5, 5.41) is 7.75. The predicted molar refractivity (Wildman–Crippen MR) is 109 cm³/mol. The Morgan fingerprint density at radius 2 is 1.76 bits per heavy atom. The Bertz CT molecular complexity index is 804. The summed E-state index contributed by atoms with van der Waals surface area (Å²) in [6.45, 7) is 5.10. The van der Waals surface area contributed by atoms with Gasteiger partial charge in [0.2, 0.25) is 17.7 Å². The number of benzene rings is 1. The summed E-state index contributed by atoms with van der Waals surface area (Å²) in [6, 6.07) is 7.44. The number of likely N-dealkylation sites (N-methyl/N-ethyl adjacent to an activating group) is 1. The minimum atomic E-state index is -0.828. The molecule has 0 aromatic heterocycles. The summed E-state index contributed by atoms with van der Waals surface area (Å²) in [5.74, 6) is -1.77. The Morgan fingerprint density at radius 3 is 2.38 bits per heavy atom. The van der Waals surface area contributed by atoms with Crippen molar-refractivity contribution in [3.63, 3.8) is 0 Å². The Balaban J connectivity index is 2.45. The van der Waals surface area contributed by atoms with Gasteiger partial charge in [0.25, 0.3) is 5.91 Å². The standard InChI is InChI=1S/C21H28N4O4/c1-13(2)10-16-21(29)25(4)17(11-15-8-6-5-7-9-15)20(28)22-12-18(26)23-14(3)19(27)24-16/h5-9,11,13-14,16H,10,12H2,1-4H3,(H,22,28)(H,23,26)(H,24,27)/b17-11-. The Hall–Kier alpha value is -3.16. The van der Waals surface area contributed by atoms with E-state index in [0.29, 0.717) is 6.42 Å². The zero-order valence-corrected chi connectivity index (χ0v) is 17.2. The molecule has 1 aromatic rings. The average molecular weight is 400 g/mol. The van der Waals surface area contributed by atoms with Gasteiger partial charge in [0.15, 0.2) is 0 Å². The van der Waals surface area contributed by atoms with Crippen molar-refractivity contribution >= 4 is 29.7 Å². The van der Waals surface area contributed by atoms with Gasteiger partial charge in [-0.05, 0) is 30.9 Å². The van der Waals surface area contributed by atoms with Crippen LogP contribution in [-0.2, 0) is 19.2 Å². The molecule has 2 atom stereocenters. The summed E-state index contributed by atoms with van der Waals surface area (Å²) < 4.78 is 0. The number of carbonyl (C=O) groups is 4. The maximum absolute atomic E-state index is 13.2. The minimum absolute atomic E-state index is 0.0885. The lowest BCUT2D eigenvalue weighted by Gasteiger charge is -2.29. The van der Waals surface area contributed by atoms with Crippen molar-refractivity contribution in [1.82, 2.24) is 20.9 Å². The second-order valence-electron chi connectivity index (χ2n) is 7.50. The van der Waals surface area contributed by atoms with Crippen molar-refractivity contribution < 1.29 is 19.2 Å². The molecule has 156 valence electrons. The summed E-state index contributed by atoms with van der Waals surface area (Å²) in [5.41, 5.74) is 0.817. The summed E-state index contributed by atoms with van der Waals surface area (Å²) in [6.07, 6.45) is 1.98. The first-order valence-corrected chi connectivity index (χ1v) is 9.61. The van der Waals surface area contributed by atoms with E-state index in [4.69, 9.17) is 0 Å². The van der Waals surface area contributed by atoms with Crippen LogP contribution in [0.1, 0.15) is 32.8 Å². The second kappa shape index (κ2) is 9.86. The van der Waals surface area contributed by atoms with Gasteiger partial charge in [0.05, 0.1) is 6.54 Å². The van der Waals surface area contributed by atoms with Crippen molar-refractivity contribution in [3.8, 4) is 0 Å². The van der Waals surface area contributed by atoms with Gasteiger partial charge >= 0.3 is 0 Å². The number of nitrogens with one attached hydrogen (secondary N) is 3. The molecule has 1 saturated heterocycles. The van der Waals surface area contributed by atoms with E-state index >= 15 is 0 Å². The maximum Gasteiger partial charge on any atom is 0.268 e. The molecule has 1 fully saturated rings. The smallest absolute Gasteiger partial charge is 0.268 e. The van der Waals surface area contributed by atoms with Crippen LogP contribution in [0.4, 0.5) is 0 Å². The van der Waals surface area contributed by atoms with Crippen LogP contribution in [-0.4, -0.2) is 54.2 Å². The van der Waals surface area contributed by atoms with Crippen LogP contribution in [0.5, 0.6) is 0 Å². The van der Waals surface area contributed by atoms with E-state index in [1.165, 1.54) is 18.9 Å². The van der Waals surface area contributed by atoms with E-state index in [1.807, 2.05) is 32.0 Å². The molecular weight excluding hydrogens is 372 g/mol. The first-order valence-electron chi connectivity index (χ1n) is 9.61. The molecule has 1 aliphatic heterocycles. The SMILES string of the molecule is CC(C)CC1NC(=O)C(C)NC(=O)CNC(=O)/C(=C/c2ccccc2)N(C)C1=O. The van der Waals surface area contributed by atoms with Gasteiger partial charge in [-0.1, -0.05) is 44.2 Å². The fourth-order valence-electron chi connectivity index (χ4n) is 2.97. The molecule has 1 heterocycles. The normalized spacial score (nSPS) is 23.2. The van der Waals surface area contributed by atoms with E-state index in [2.05, 4.69) is 16.0 Å². The predicted octanol–water partition coefficient (Wildman–Crippen LogP) is 0.651. The highest BCUT2D eigenvalue weighted by atomic mass is 16.2. The number of hydrogen-bond donors (Lipinski definition) is 3. The van der Waals surface area contributed by atoms with Gasteiger partial charge in [0, 0.05) is 7.05 Å². The van der Waals surface area contributed by atoms with Crippen LogP contribution in [0.3, 0.4) is 0 Å². The quantitative estimate of drug-likeness (QED) is 0.648. The number of hydrogen-bond acceptors (Lipinski definition) is 4. The van der Waals surface area contributed by atoms with E-state index in [9.17, 15) is 19.2 Å². The maximum atomic E-state index is 13.2. The zero-order chi connectivity index (χ0) is 21.6. The lowest BCUT2D eigenvalue weighted by Crippen LogP contribution is -2.56. The molecule has 0 bridgehead atoms. The molecule has 1 aromatic carbocycles. The van der Waals surface area contributed by atoms with Crippen LogP contribution in [0, 0.1) is 5.92 Å². The Kier molecular flexibility index (Phi) is 7.52. The van der Waals surface area contributed by atoms with Gasteiger partial charge < -0.3 is 20.9 Å². The molecule has 8 heteroatoms. The van der Waals surface area contributed by atoms with Crippen LogP contribution in [0.25, 0.3) is 6.08 Å². The van der Waals surface area contributed by atoms with E-state index < -0.39 is 35.7 Å². The highest BCUT2D eigenvalue weighted by Gasteiger charge is 2.31. The summed E-state index contributed by atoms with van der Waals surface area (Å²) >= 11 is 0. The molecule has 1 aliphatic rings. The molecule has 0 radical (unpaired) electrons. The first-order chi connectivity index (χ1) is 13.7. The van der Waals surface area contributed by atoms with Crippen molar-refractivity contribution in [2.24, 2.45) is 5.92 Å². The van der Waals surface area contributed by atoms with E-state index in [0.717, 1.165) is 5.56 Å². The average Bonchev–Trinajstić information content (AvgIpc) is 2.68. The fraction of sp³-hybridized carbons (Fsp3) is 0.429. The molecule has 29 heavy (non-hydrogen) atoms. The van der Waals surface area contributed by atoms with Crippen LogP contribution in [0.15, 0.2) is 36.0 Å². The third-order valence-electron chi connectivity index (χ3n) is 4.53. The van der Waals surface area contributed by atoms with Crippen molar-refractivity contribution in [2.45, 2.75) is 39.3 Å². The second-order valence-corrected chi connectivity index (χ2v) is 7.50. The first kappa shape index (κ1) is 22.1. The third kappa shape index (κ3) is 6.17. The molecule has 0 aliphatic carbocycles. The lowest BCUT2D eigenvalue weighted by molar-refractivity contribution is -0.137. The number of rotatable bonds is 3. The van der Waals surface area contributed by atoms with E-state index in [-0.39, 0.29) is 18.2 Å². The highest BCUT2D eigenvalue weighted by molar-refractivity contribution is 6.04. The summed E-state index contributed by atoms with van der Waals surface area (Å²) in [4.78, 5) is 51.7. The molecule has 4 amide bonds.